The van der Waals surface area contributed by atoms with Crippen LogP contribution in [0.25, 0.3) is 0 Å². The lowest BCUT2D eigenvalue weighted by atomic mass is 9.92. The minimum atomic E-state index is -0.550. The fourth-order valence-electron chi connectivity index (χ4n) is 2.58. The lowest BCUT2D eigenvalue weighted by Gasteiger charge is -2.20. The number of rotatable bonds is 3. The molecule has 0 radical (unpaired) electrons. The molecule has 2 nitrogen and oxygen atoms in total. The van der Waals surface area contributed by atoms with Crippen molar-refractivity contribution in [2.45, 2.75) is 44.6 Å². The zero-order valence-corrected chi connectivity index (χ0v) is 12.9. The standard InChI is InChI=1S/C16H21BrO2/c1-19-15-10-9-13(17)11-14(15)16(18)12-7-5-3-2-4-6-8-12/h7,9-11,16,18H,2-6,8H2,1H3/b12-7+. The Bertz CT molecular complexity index is 454. The monoisotopic (exact) mass is 324 g/mol. The van der Waals surface area contributed by atoms with Crippen LogP contribution in [0.3, 0.4) is 0 Å². The number of hydrogen-bond acceptors (Lipinski definition) is 2. The summed E-state index contributed by atoms with van der Waals surface area (Å²) in [5, 5.41) is 10.6. The molecular formula is C16H21BrO2. The molecule has 3 heteroatoms. The Morgan fingerprint density at radius 2 is 2.00 bits per heavy atom. The summed E-state index contributed by atoms with van der Waals surface area (Å²) >= 11 is 3.46. The zero-order valence-electron chi connectivity index (χ0n) is 11.4. The zero-order chi connectivity index (χ0) is 13.7. The van der Waals surface area contributed by atoms with Gasteiger partial charge in [-0.25, -0.2) is 0 Å². The Morgan fingerprint density at radius 1 is 1.21 bits per heavy atom. The second kappa shape index (κ2) is 7.11. The number of aliphatic hydroxyl groups excluding tert-OH is 1. The van der Waals surface area contributed by atoms with E-state index in [0.717, 1.165) is 34.2 Å². The Labute approximate surface area is 123 Å². The first-order valence-electron chi connectivity index (χ1n) is 6.93. The Balaban J connectivity index is 2.26. The molecule has 1 aromatic rings. The lowest BCUT2D eigenvalue weighted by Crippen LogP contribution is -2.05. The van der Waals surface area contributed by atoms with Crippen molar-refractivity contribution in [3.05, 3.63) is 39.9 Å². The van der Waals surface area contributed by atoms with Crippen LogP contribution in [0, 0.1) is 0 Å². The maximum absolute atomic E-state index is 10.6. The predicted molar refractivity (Wildman–Crippen MR) is 81.4 cm³/mol. The summed E-state index contributed by atoms with van der Waals surface area (Å²) in [5.74, 6) is 0.749. The van der Waals surface area contributed by atoms with E-state index < -0.39 is 6.10 Å². The topological polar surface area (TPSA) is 29.5 Å². The highest BCUT2D eigenvalue weighted by Crippen LogP contribution is 2.35. The van der Waals surface area contributed by atoms with E-state index >= 15 is 0 Å². The third-order valence-electron chi connectivity index (χ3n) is 3.66. The van der Waals surface area contributed by atoms with E-state index in [1.54, 1.807) is 7.11 Å². The summed E-state index contributed by atoms with van der Waals surface area (Å²) in [6.45, 7) is 0. The molecule has 0 aliphatic heterocycles. The molecule has 0 heterocycles. The van der Waals surface area contributed by atoms with Gasteiger partial charge < -0.3 is 9.84 Å². The molecule has 0 amide bonds. The molecule has 1 atom stereocenters. The highest BCUT2D eigenvalue weighted by molar-refractivity contribution is 9.10. The molecule has 2 rings (SSSR count). The van der Waals surface area contributed by atoms with E-state index in [9.17, 15) is 5.11 Å². The molecule has 19 heavy (non-hydrogen) atoms. The molecule has 0 saturated carbocycles. The first-order valence-corrected chi connectivity index (χ1v) is 7.72. The maximum Gasteiger partial charge on any atom is 0.125 e. The van der Waals surface area contributed by atoms with E-state index in [1.165, 1.54) is 25.7 Å². The summed E-state index contributed by atoms with van der Waals surface area (Å²) in [7, 11) is 1.64. The van der Waals surface area contributed by atoms with Crippen molar-refractivity contribution in [1.82, 2.24) is 0 Å². The first-order chi connectivity index (χ1) is 9.22. The highest BCUT2D eigenvalue weighted by atomic mass is 79.9. The van der Waals surface area contributed by atoms with Crippen LogP contribution in [0.15, 0.2) is 34.3 Å². The number of aliphatic hydroxyl groups is 1. The summed E-state index contributed by atoms with van der Waals surface area (Å²) in [5.41, 5.74) is 1.99. The van der Waals surface area contributed by atoms with Crippen LogP contribution in [-0.4, -0.2) is 12.2 Å². The van der Waals surface area contributed by atoms with Gasteiger partial charge in [0.1, 0.15) is 11.9 Å². The third-order valence-corrected chi connectivity index (χ3v) is 4.16. The number of benzene rings is 1. The number of hydrogen-bond donors (Lipinski definition) is 1. The minimum absolute atomic E-state index is 0.550. The molecular weight excluding hydrogens is 304 g/mol. The van der Waals surface area contributed by atoms with Crippen LogP contribution < -0.4 is 4.74 Å². The second-order valence-corrected chi connectivity index (χ2v) is 5.94. The van der Waals surface area contributed by atoms with Gasteiger partial charge in [0.25, 0.3) is 0 Å². The molecule has 0 bridgehead atoms. The van der Waals surface area contributed by atoms with E-state index in [0.29, 0.717) is 0 Å². The van der Waals surface area contributed by atoms with Gasteiger partial charge in [-0.1, -0.05) is 34.8 Å². The Morgan fingerprint density at radius 3 is 2.79 bits per heavy atom. The molecule has 1 aliphatic carbocycles. The normalized spacial score (nSPS) is 20.9. The summed E-state index contributed by atoms with van der Waals surface area (Å²) in [4.78, 5) is 0. The quantitative estimate of drug-likeness (QED) is 0.811. The molecule has 0 saturated heterocycles. The van der Waals surface area contributed by atoms with Gasteiger partial charge in [0.2, 0.25) is 0 Å². The van der Waals surface area contributed by atoms with E-state index in [1.807, 2.05) is 18.2 Å². The van der Waals surface area contributed by atoms with Gasteiger partial charge in [0, 0.05) is 10.0 Å². The number of ether oxygens (including phenoxy) is 1. The lowest BCUT2D eigenvalue weighted by molar-refractivity contribution is 0.204. The summed E-state index contributed by atoms with van der Waals surface area (Å²) in [6.07, 6.45) is 8.68. The van der Waals surface area contributed by atoms with Gasteiger partial charge in [-0.3, -0.25) is 0 Å². The van der Waals surface area contributed by atoms with Crippen molar-refractivity contribution in [3.63, 3.8) is 0 Å². The molecule has 1 N–H and O–H groups in total. The van der Waals surface area contributed by atoms with E-state index in [2.05, 4.69) is 22.0 Å². The maximum atomic E-state index is 10.6. The fraction of sp³-hybridized carbons (Fsp3) is 0.500. The van der Waals surface area contributed by atoms with E-state index in [-0.39, 0.29) is 0 Å². The average Bonchev–Trinajstić information content (AvgIpc) is 2.37. The Kier molecular flexibility index (Phi) is 5.46. The summed E-state index contributed by atoms with van der Waals surface area (Å²) < 4.78 is 6.33. The van der Waals surface area contributed by atoms with Gasteiger partial charge in [-0.15, -0.1) is 0 Å². The molecule has 1 aliphatic rings. The number of methoxy groups -OCH3 is 1. The number of allylic oxidation sites excluding steroid dienone is 1. The molecule has 0 fully saturated rings. The van der Waals surface area contributed by atoms with Crippen molar-refractivity contribution in [2.75, 3.05) is 7.11 Å². The second-order valence-electron chi connectivity index (χ2n) is 5.02. The highest BCUT2D eigenvalue weighted by Gasteiger charge is 2.18. The summed E-state index contributed by atoms with van der Waals surface area (Å²) in [6, 6.07) is 5.77. The van der Waals surface area contributed by atoms with Crippen molar-refractivity contribution in [1.29, 1.82) is 0 Å². The molecule has 0 spiro atoms. The fourth-order valence-corrected chi connectivity index (χ4v) is 2.96. The smallest absolute Gasteiger partial charge is 0.125 e. The van der Waals surface area contributed by atoms with Gasteiger partial charge in [-0.2, -0.15) is 0 Å². The van der Waals surface area contributed by atoms with Crippen molar-refractivity contribution < 1.29 is 9.84 Å². The Hall–Kier alpha value is -0.800. The molecule has 104 valence electrons. The average molecular weight is 325 g/mol. The largest absolute Gasteiger partial charge is 0.496 e. The molecule has 0 aromatic heterocycles. The van der Waals surface area contributed by atoms with Crippen molar-refractivity contribution in [2.24, 2.45) is 0 Å². The van der Waals surface area contributed by atoms with Gasteiger partial charge in [0.15, 0.2) is 0 Å². The van der Waals surface area contributed by atoms with Crippen molar-refractivity contribution in [3.8, 4) is 5.75 Å². The van der Waals surface area contributed by atoms with Crippen LogP contribution in [0.4, 0.5) is 0 Å². The van der Waals surface area contributed by atoms with Crippen LogP contribution in [-0.2, 0) is 0 Å². The van der Waals surface area contributed by atoms with Crippen LogP contribution in [0.2, 0.25) is 0 Å². The minimum Gasteiger partial charge on any atom is -0.496 e. The molecule has 1 unspecified atom stereocenters. The van der Waals surface area contributed by atoms with Crippen molar-refractivity contribution >= 4 is 15.9 Å². The first kappa shape index (κ1) is 14.6. The van der Waals surface area contributed by atoms with E-state index in [4.69, 9.17) is 4.74 Å². The van der Waals surface area contributed by atoms with Gasteiger partial charge in [-0.05, 0) is 49.5 Å². The van der Waals surface area contributed by atoms with Crippen LogP contribution in [0.5, 0.6) is 5.75 Å². The van der Waals surface area contributed by atoms with Gasteiger partial charge in [0.05, 0.1) is 7.11 Å². The number of halogens is 1. The molecule has 1 aromatic carbocycles. The van der Waals surface area contributed by atoms with Crippen LogP contribution in [0.1, 0.15) is 50.2 Å². The SMILES string of the molecule is COc1ccc(Br)cc1C(O)/C1=C/CCCCCC1. The third kappa shape index (κ3) is 3.83. The van der Waals surface area contributed by atoms with Crippen LogP contribution >= 0.6 is 15.9 Å². The van der Waals surface area contributed by atoms with Gasteiger partial charge >= 0.3 is 0 Å². The predicted octanol–water partition coefficient (Wildman–Crippen LogP) is 4.77.